The molecule has 1 aliphatic heterocycles. The van der Waals surface area contributed by atoms with Crippen LogP contribution in [0.5, 0.6) is 11.5 Å². The van der Waals surface area contributed by atoms with Crippen LogP contribution in [0.1, 0.15) is 44.7 Å². The summed E-state index contributed by atoms with van der Waals surface area (Å²) < 4.78 is 11.3. The average Bonchev–Trinajstić information content (AvgIpc) is 2.38. The second kappa shape index (κ2) is 5.61. The van der Waals surface area contributed by atoms with Crippen LogP contribution in [-0.2, 0) is 0 Å². The van der Waals surface area contributed by atoms with Crippen molar-refractivity contribution in [2.45, 2.75) is 45.3 Å². The van der Waals surface area contributed by atoms with Gasteiger partial charge in [0.05, 0.1) is 7.11 Å². The molecule has 0 saturated carbocycles. The largest absolute Gasteiger partial charge is 0.497 e. The van der Waals surface area contributed by atoms with Crippen LogP contribution >= 0.6 is 0 Å². The Kier molecular flexibility index (Phi) is 4.12. The molecule has 3 nitrogen and oxygen atoms in total. The van der Waals surface area contributed by atoms with Gasteiger partial charge >= 0.3 is 0 Å². The lowest BCUT2D eigenvalue weighted by Crippen LogP contribution is -2.34. The number of nitrogens with two attached hydrogens (primary N) is 1. The van der Waals surface area contributed by atoms with E-state index in [0.29, 0.717) is 5.92 Å². The van der Waals surface area contributed by atoms with E-state index >= 15 is 0 Å². The molecule has 3 unspecified atom stereocenters. The highest BCUT2D eigenvalue weighted by Crippen LogP contribution is 2.38. The van der Waals surface area contributed by atoms with Gasteiger partial charge in [0.1, 0.15) is 17.6 Å². The zero-order valence-corrected chi connectivity index (χ0v) is 11.5. The van der Waals surface area contributed by atoms with Gasteiger partial charge in [-0.2, -0.15) is 0 Å². The molecular formula is C15H23NO2. The number of ether oxygens (including phenoxy) is 2. The molecule has 0 saturated heterocycles. The SMILES string of the molecule is CCCC(C)C1CC(N)c2cc(OC)ccc2O1. The zero-order chi connectivity index (χ0) is 13.1. The number of benzene rings is 1. The Morgan fingerprint density at radius 1 is 1.50 bits per heavy atom. The van der Waals surface area contributed by atoms with E-state index in [0.717, 1.165) is 23.5 Å². The quantitative estimate of drug-likeness (QED) is 0.890. The average molecular weight is 249 g/mol. The van der Waals surface area contributed by atoms with E-state index in [-0.39, 0.29) is 12.1 Å². The molecule has 0 aliphatic carbocycles. The number of methoxy groups -OCH3 is 1. The minimum atomic E-state index is 0.0492. The number of fused-ring (bicyclic) bond motifs is 1. The third kappa shape index (κ3) is 2.61. The molecule has 1 aromatic carbocycles. The van der Waals surface area contributed by atoms with Gasteiger partial charge in [0.2, 0.25) is 0 Å². The maximum Gasteiger partial charge on any atom is 0.124 e. The molecule has 18 heavy (non-hydrogen) atoms. The van der Waals surface area contributed by atoms with Crippen molar-refractivity contribution in [1.29, 1.82) is 0 Å². The molecule has 0 aromatic heterocycles. The first-order valence-electron chi connectivity index (χ1n) is 6.75. The summed E-state index contributed by atoms with van der Waals surface area (Å²) >= 11 is 0. The molecule has 3 atom stereocenters. The van der Waals surface area contributed by atoms with Crippen LogP contribution in [0.3, 0.4) is 0 Å². The van der Waals surface area contributed by atoms with Gasteiger partial charge in [-0.05, 0) is 30.5 Å². The molecule has 2 rings (SSSR count). The third-order valence-corrected chi connectivity index (χ3v) is 3.76. The third-order valence-electron chi connectivity index (χ3n) is 3.76. The fraction of sp³-hybridized carbons (Fsp3) is 0.600. The minimum Gasteiger partial charge on any atom is -0.497 e. The van der Waals surface area contributed by atoms with Crippen molar-refractivity contribution in [2.24, 2.45) is 11.7 Å². The van der Waals surface area contributed by atoms with Crippen LogP contribution in [0, 0.1) is 5.92 Å². The summed E-state index contributed by atoms with van der Waals surface area (Å²) in [6.45, 7) is 4.45. The van der Waals surface area contributed by atoms with Crippen LogP contribution < -0.4 is 15.2 Å². The predicted molar refractivity (Wildman–Crippen MR) is 73.0 cm³/mol. The van der Waals surface area contributed by atoms with Crippen LogP contribution in [0.25, 0.3) is 0 Å². The number of hydrogen-bond acceptors (Lipinski definition) is 3. The second-order valence-electron chi connectivity index (χ2n) is 5.17. The lowest BCUT2D eigenvalue weighted by molar-refractivity contribution is 0.102. The van der Waals surface area contributed by atoms with Gasteiger partial charge in [0.25, 0.3) is 0 Å². The molecule has 1 aromatic rings. The molecule has 0 radical (unpaired) electrons. The predicted octanol–water partition coefficient (Wildman–Crippen LogP) is 3.28. The first-order valence-corrected chi connectivity index (χ1v) is 6.75. The monoisotopic (exact) mass is 249 g/mol. The summed E-state index contributed by atoms with van der Waals surface area (Å²) in [5.41, 5.74) is 7.32. The highest BCUT2D eigenvalue weighted by Gasteiger charge is 2.29. The van der Waals surface area contributed by atoms with Crippen molar-refractivity contribution in [2.75, 3.05) is 7.11 Å². The van der Waals surface area contributed by atoms with Crippen LogP contribution in [0.2, 0.25) is 0 Å². The molecule has 1 aliphatic rings. The van der Waals surface area contributed by atoms with Gasteiger partial charge in [-0.3, -0.25) is 0 Å². The fourth-order valence-electron chi connectivity index (χ4n) is 2.63. The maximum atomic E-state index is 6.26. The van der Waals surface area contributed by atoms with Crippen LogP contribution in [0.4, 0.5) is 0 Å². The van der Waals surface area contributed by atoms with E-state index in [9.17, 15) is 0 Å². The molecule has 2 N–H and O–H groups in total. The Hall–Kier alpha value is -1.22. The van der Waals surface area contributed by atoms with Gasteiger partial charge in [-0.25, -0.2) is 0 Å². The summed E-state index contributed by atoms with van der Waals surface area (Å²) in [6.07, 6.45) is 3.50. The van der Waals surface area contributed by atoms with Crippen LogP contribution in [0.15, 0.2) is 18.2 Å². The fourth-order valence-corrected chi connectivity index (χ4v) is 2.63. The smallest absolute Gasteiger partial charge is 0.124 e. The zero-order valence-electron chi connectivity index (χ0n) is 11.5. The summed E-state index contributed by atoms with van der Waals surface area (Å²) in [5, 5.41) is 0. The Morgan fingerprint density at radius 3 is 2.94 bits per heavy atom. The summed E-state index contributed by atoms with van der Waals surface area (Å²) in [4.78, 5) is 0. The lowest BCUT2D eigenvalue weighted by atomic mass is 9.89. The van der Waals surface area contributed by atoms with Crippen molar-refractivity contribution >= 4 is 0 Å². The van der Waals surface area contributed by atoms with Crippen molar-refractivity contribution in [3.63, 3.8) is 0 Å². The Balaban J connectivity index is 2.18. The van der Waals surface area contributed by atoms with Crippen molar-refractivity contribution in [3.8, 4) is 11.5 Å². The van der Waals surface area contributed by atoms with Gasteiger partial charge in [-0.15, -0.1) is 0 Å². The molecule has 0 fully saturated rings. The number of hydrogen-bond donors (Lipinski definition) is 1. The van der Waals surface area contributed by atoms with Gasteiger partial charge < -0.3 is 15.2 Å². The summed E-state index contributed by atoms with van der Waals surface area (Å²) in [5.74, 6) is 2.31. The Labute approximate surface area is 109 Å². The molecule has 0 spiro atoms. The van der Waals surface area contributed by atoms with Crippen molar-refractivity contribution in [3.05, 3.63) is 23.8 Å². The lowest BCUT2D eigenvalue weighted by Gasteiger charge is -2.34. The first-order chi connectivity index (χ1) is 8.65. The molecule has 3 heteroatoms. The highest BCUT2D eigenvalue weighted by molar-refractivity contribution is 5.43. The first kappa shape index (κ1) is 13.2. The highest BCUT2D eigenvalue weighted by atomic mass is 16.5. The topological polar surface area (TPSA) is 44.5 Å². The van der Waals surface area contributed by atoms with Gasteiger partial charge in [-0.1, -0.05) is 20.3 Å². The summed E-state index contributed by atoms with van der Waals surface area (Å²) in [6, 6.07) is 5.94. The Morgan fingerprint density at radius 2 is 2.28 bits per heavy atom. The molecule has 1 heterocycles. The van der Waals surface area contributed by atoms with Crippen molar-refractivity contribution < 1.29 is 9.47 Å². The van der Waals surface area contributed by atoms with Crippen LogP contribution in [-0.4, -0.2) is 13.2 Å². The van der Waals surface area contributed by atoms with Gasteiger partial charge in [0, 0.05) is 18.0 Å². The van der Waals surface area contributed by atoms with Crippen molar-refractivity contribution in [1.82, 2.24) is 0 Å². The second-order valence-corrected chi connectivity index (χ2v) is 5.17. The molecular weight excluding hydrogens is 226 g/mol. The minimum absolute atomic E-state index is 0.0492. The molecule has 0 bridgehead atoms. The molecule has 0 amide bonds. The normalized spacial score (nSPS) is 24.0. The van der Waals surface area contributed by atoms with E-state index in [4.69, 9.17) is 15.2 Å². The van der Waals surface area contributed by atoms with E-state index in [1.54, 1.807) is 7.11 Å². The molecule has 100 valence electrons. The summed E-state index contributed by atoms with van der Waals surface area (Å²) in [7, 11) is 1.67. The van der Waals surface area contributed by atoms with Gasteiger partial charge in [0.15, 0.2) is 0 Å². The number of rotatable bonds is 4. The standard InChI is InChI=1S/C15H23NO2/c1-4-5-10(2)15-9-13(16)12-8-11(17-3)6-7-14(12)18-15/h6-8,10,13,15H,4-5,9,16H2,1-3H3. The Bertz CT molecular complexity index is 405. The maximum absolute atomic E-state index is 6.26. The van der Waals surface area contributed by atoms with E-state index in [2.05, 4.69) is 13.8 Å². The van der Waals surface area contributed by atoms with E-state index in [1.165, 1.54) is 12.8 Å². The van der Waals surface area contributed by atoms with E-state index in [1.807, 2.05) is 18.2 Å². The van der Waals surface area contributed by atoms with E-state index < -0.39 is 0 Å².